The van der Waals surface area contributed by atoms with E-state index < -0.39 is 0 Å². The van der Waals surface area contributed by atoms with Crippen molar-refractivity contribution in [1.82, 2.24) is 4.98 Å². The molecule has 2 heteroatoms. The molecule has 0 aliphatic carbocycles. The fourth-order valence-electron chi connectivity index (χ4n) is 2.11. The Hall–Kier alpha value is -1.05. The molecule has 0 atom stereocenters. The molecule has 16 heavy (non-hydrogen) atoms. The van der Waals surface area contributed by atoms with Gasteiger partial charge in [-0.25, -0.2) is 4.98 Å². The van der Waals surface area contributed by atoms with Gasteiger partial charge in [-0.05, 0) is 36.8 Å². The number of anilines is 1. The minimum atomic E-state index is 0.697. The molecular weight excluding hydrogens is 196 g/mol. The number of nitrogens with zero attached hydrogens (tertiary/aromatic N) is 1. The van der Waals surface area contributed by atoms with E-state index in [0.29, 0.717) is 17.8 Å². The maximum absolute atomic E-state index is 4.45. The zero-order chi connectivity index (χ0) is 12.1. The SMILES string of the molecule is Cc1cccc(NCC(C(C)C)C(C)C)n1. The first kappa shape index (κ1) is 13.0. The predicted molar refractivity (Wildman–Crippen MR) is 70.6 cm³/mol. The van der Waals surface area contributed by atoms with Gasteiger partial charge in [0.1, 0.15) is 5.82 Å². The molecule has 1 heterocycles. The standard InChI is InChI=1S/C14H24N2/c1-10(2)13(11(3)4)9-15-14-8-6-7-12(5)16-14/h6-8,10-11,13H,9H2,1-5H3,(H,15,16). The minimum Gasteiger partial charge on any atom is -0.370 e. The van der Waals surface area contributed by atoms with Crippen LogP contribution in [0.5, 0.6) is 0 Å². The van der Waals surface area contributed by atoms with Crippen LogP contribution in [0.2, 0.25) is 0 Å². The molecule has 2 nitrogen and oxygen atoms in total. The van der Waals surface area contributed by atoms with E-state index in [4.69, 9.17) is 0 Å². The predicted octanol–water partition coefficient (Wildman–Crippen LogP) is 3.73. The van der Waals surface area contributed by atoms with E-state index in [1.54, 1.807) is 0 Å². The van der Waals surface area contributed by atoms with Gasteiger partial charge in [0, 0.05) is 12.2 Å². The fourth-order valence-corrected chi connectivity index (χ4v) is 2.11. The lowest BCUT2D eigenvalue weighted by molar-refractivity contribution is 0.304. The Morgan fingerprint density at radius 1 is 1.12 bits per heavy atom. The highest BCUT2D eigenvalue weighted by molar-refractivity contribution is 5.35. The third kappa shape index (κ3) is 3.84. The van der Waals surface area contributed by atoms with Gasteiger partial charge in [-0.1, -0.05) is 33.8 Å². The summed E-state index contributed by atoms with van der Waals surface area (Å²) in [4.78, 5) is 4.45. The fraction of sp³-hybridized carbons (Fsp3) is 0.643. The molecule has 1 rings (SSSR count). The molecule has 0 spiro atoms. The second-order valence-electron chi connectivity index (χ2n) is 5.20. The van der Waals surface area contributed by atoms with Crippen molar-refractivity contribution >= 4 is 5.82 Å². The zero-order valence-electron chi connectivity index (χ0n) is 11.1. The van der Waals surface area contributed by atoms with Crippen molar-refractivity contribution in [3.05, 3.63) is 23.9 Å². The van der Waals surface area contributed by atoms with Gasteiger partial charge in [0.2, 0.25) is 0 Å². The summed E-state index contributed by atoms with van der Waals surface area (Å²) in [5.74, 6) is 3.10. The highest BCUT2D eigenvalue weighted by Crippen LogP contribution is 2.20. The van der Waals surface area contributed by atoms with Crippen molar-refractivity contribution < 1.29 is 0 Å². The van der Waals surface area contributed by atoms with E-state index in [2.05, 4.69) is 38.0 Å². The lowest BCUT2D eigenvalue weighted by atomic mass is 9.85. The van der Waals surface area contributed by atoms with Crippen LogP contribution >= 0.6 is 0 Å². The number of rotatable bonds is 5. The molecule has 0 bridgehead atoms. The van der Waals surface area contributed by atoms with Crippen LogP contribution in [-0.2, 0) is 0 Å². The number of aromatic nitrogens is 1. The van der Waals surface area contributed by atoms with Crippen LogP contribution in [0.15, 0.2) is 18.2 Å². The van der Waals surface area contributed by atoms with Crippen molar-refractivity contribution in [3.8, 4) is 0 Å². The lowest BCUT2D eigenvalue weighted by Crippen LogP contribution is -2.24. The monoisotopic (exact) mass is 220 g/mol. The Morgan fingerprint density at radius 2 is 1.75 bits per heavy atom. The molecule has 0 fully saturated rings. The second-order valence-corrected chi connectivity index (χ2v) is 5.20. The maximum Gasteiger partial charge on any atom is 0.126 e. The molecule has 0 aliphatic rings. The number of hydrogen-bond acceptors (Lipinski definition) is 2. The topological polar surface area (TPSA) is 24.9 Å². The molecule has 1 aromatic heterocycles. The van der Waals surface area contributed by atoms with Crippen molar-refractivity contribution in [2.45, 2.75) is 34.6 Å². The largest absolute Gasteiger partial charge is 0.370 e. The van der Waals surface area contributed by atoms with Gasteiger partial charge in [0.15, 0.2) is 0 Å². The Kier molecular flexibility index (Phi) is 4.78. The molecule has 0 unspecified atom stereocenters. The molecule has 1 aromatic rings. The second kappa shape index (κ2) is 5.88. The molecule has 90 valence electrons. The van der Waals surface area contributed by atoms with Gasteiger partial charge < -0.3 is 5.32 Å². The minimum absolute atomic E-state index is 0.697. The van der Waals surface area contributed by atoms with Gasteiger partial charge in [0.25, 0.3) is 0 Å². The summed E-state index contributed by atoms with van der Waals surface area (Å²) >= 11 is 0. The molecule has 0 saturated carbocycles. The summed E-state index contributed by atoms with van der Waals surface area (Å²) in [5, 5.41) is 3.44. The summed E-state index contributed by atoms with van der Waals surface area (Å²) < 4.78 is 0. The van der Waals surface area contributed by atoms with Crippen molar-refractivity contribution in [2.75, 3.05) is 11.9 Å². The number of pyridine rings is 1. The maximum atomic E-state index is 4.45. The van der Waals surface area contributed by atoms with Gasteiger partial charge in [0.05, 0.1) is 0 Å². The summed E-state index contributed by atoms with van der Waals surface area (Å²) in [5.41, 5.74) is 1.07. The van der Waals surface area contributed by atoms with Crippen LogP contribution < -0.4 is 5.32 Å². The van der Waals surface area contributed by atoms with Gasteiger partial charge >= 0.3 is 0 Å². The number of nitrogens with one attached hydrogen (secondary N) is 1. The third-order valence-electron chi connectivity index (χ3n) is 3.12. The van der Waals surface area contributed by atoms with E-state index in [1.165, 1.54) is 0 Å². The highest BCUT2D eigenvalue weighted by Gasteiger charge is 2.16. The van der Waals surface area contributed by atoms with Crippen LogP contribution in [0, 0.1) is 24.7 Å². The van der Waals surface area contributed by atoms with E-state index >= 15 is 0 Å². The van der Waals surface area contributed by atoms with Crippen LogP contribution in [0.4, 0.5) is 5.82 Å². The first-order chi connectivity index (χ1) is 7.50. The Balaban J connectivity index is 2.55. The summed E-state index contributed by atoms with van der Waals surface area (Å²) in [7, 11) is 0. The Bertz CT molecular complexity index is 310. The average molecular weight is 220 g/mol. The molecular formula is C14H24N2. The van der Waals surface area contributed by atoms with Gasteiger partial charge in [-0.15, -0.1) is 0 Å². The van der Waals surface area contributed by atoms with Crippen LogP contribution in [-0.4, -0.2) is 11.5 Å². The Morgan fingerprint density at radius 3 is 2.25 bits per heavy atom. The van der Waals surface area contributed by atoms with Gasteiger partial charge in [-0.2, -0.15) is 0 Å². The molecule has 1 N–H and O–H groups in total. The van der Waals surface area contributed by atoms with E-state index in [9.17, 15) is 0 Å². The lowest BCUT2D eigenvalue weighted by Gasteiger charge is -2.25. The number of hydrogen-bond donors (Lipinski definition) is 1. The zero-order valence-corrected chi connectivity index (χ0v) is 11.1. The molecule has 0 aliphatic heterocycles. The molecule has 0 radical (unpaired) electrons. The van der Waals surface area contributed by atoms with Crippen LogP contribution in [0.25, 0.3) is 0 Å². The summed E-state index contributed by atoms with van der Waals surface area (Å²) in [6, 6.07) is 6.10. The highest BCUT2D eigenvalue weighted by atomic mass is 15.0. The van der Waals surface area contributed by atoms with Gasteiger partial charge in [-0.3, -0.25) is 0 Å². The van der Waals surface area contributed by atoms with Crippen molar-refractivity contribution in [3.63, 3.8) is 0 Å². The van der Waals surface area contributed by atoms with E-state index in [1.807, 2.05) is 25.1 Å². The smallest absolute Gasteiger partial charge is 0.126 e. The van der Waals surface area contributed by atoms with Crippen LogP contribution in [0.3, 0.4) is 0 Å². The first-order valence-electron chi connectivity index (χ1n) is 6.18. The van der Waals surface area contributed by atoms with Crippen LogP contribution in [0.1, 0.15) is 33.4 Å². The molecule has 0 aromatic carbocycles. The molecule has 0 saturated heterocycles. The third-order valence-corrected chi connectivity index (χ3v) is 3.12. The summed E-state index contributed by atoms with van der Waals surface area (Å²) in [6.45, 7) is 12.2. The van der Waals surface area contributed by atoms with E-state index in [0.717, 1.165) is 18.1 Å². The first-order valence-corrected chi connectivity index (χ1v) is 6.18. The average Bonchev–Trinajstić information content (AvgIpc) is 2.16. The normalized spacial score (nSPS) is 11.5. The number of aryl methyl sites for hydroxylation is 1. The summed E-state index contributed by atoms with van der Waals surface area (Å²) in [6.07, 6.45) is 0. The van der Waals surface area contributed by atoms with Crippen molar-refractivity contribution in [2.24, 2.45) is 17.8 Å². The Labute approximate surface area is 99.5 Å². The van der Waals surface area contributed by atoms with Crippen molar-refractivity contribution in [1.29, 1.82) is 0 Å². The van der Waals surface area contributed by atoms with E-state index in [-0.39, 0.29) is 0 Å². The molecule has 0 amide bonds. The quantitative estimate of drug-likeness (QED) is 0.818.